The van der Waals surface area contributed by atoms with Crippen molar-refractivity contribution in [2.45, 2.75) is 23.7 Å². The van der Waals surface area contributed by atoms with Crippen LogP contribution in [0.1, 0.15) is 12.7 Å². The summed E-state index contributed by atoms with van der Waals surface area (Å²) in [5, 5.41) is 1.68. The molecule has 2 aromatic carbocycles. The number of nitrogens with zero attached hydrogens (tertiary/aromatic N) is 5. The number of anilines is 1. The van der Waals surface area contributed by atoms with Gasteiger partial charge in [0.1, 0.15) is 10.9 Å². The summed E-state index contributed by atoms with van der Waals surface area (Å²) in [4.78, 5) is 29.7. The van der Waals surface area contributed by atoms with Gasteiger partial charge in [-0.2, -0.15) is 0 Å². The Morgan fingerprint density at radius 2 is 1.65 bits per heavy atom. The van der Waals surface area contributed by atoms with Gasteiger partial charge in [0.15, 0.2) is 0 Å². The largest absolute Gasteiger partial charge is 0.379 e. The molecule has 7 nitrogen and oxygen atoms in total. The Morgan fingerprint density at radius 3 is 2.41 bits per heavy atom. The van der Waals surface area contributed by atoms with Gasteiger partial charge in [-0.15, -0.1) is 0 Å². The molecule has 0 saturated carbocycles. The van der Waals surface area contributed by atoms with Gasteiger partial charge in [0, 0.05) is 50.3 Å². The van der Waals surface area contributed by atoms with Gasteiger partial charge in [0.05, 0.1) is 30.5 Å². The van der Waals surface area contributed by atoms with Crippen LogP contribution >= 0.6 is 11.8 Å². The highest BCUT2D eigenvalue weighted by Gasteiger charge is 2.27. The maximum atomic E-state index is 13.3. The van der Waals surface area contributed by atoms with Crippen molar-refractivity contribution in [1.82, 2.24) is 19.8 Å². The molecule has 0 unspecified atom stereocenters. The molecule has 2 aliphatic rings. The number of ether oxygens (including phenoxy) is 1. The Bertz CT molecular complexity index is 1110. The molecule has 0 radical (unpaired) electrons. The molecule has 0 bridgehead atoms. The number of hydrogen-bond donors (Lipinski definition) is 0. The number of para-hydroxylation sites is 2. The Kier molecular flexibility index (Phi) is 7.27. The number of carbonyl (C=O) groups is 1. The minimum Gasteiger partial charge on any atom is -0.379 e. The summed E-state index contributed by atoms with van der Waals surface area (Å²) in [6, 6.07) is 18.5. The molecular weight excluding hydrogens is 446 g/mol. The van der Waals surface area contributed by atoms with Crippen LogP contribution in [0.2, 0.25) is 0 Å². The van der Waals surface area contributed by atoms with Gasteiger partial charge >= 0.3 is 0 Å². The topological polar surface area (TPSA) is 61.8 Å². The van der Waals surface area contributed by atoms with Gasteiger partial charge in [-0.3, -0.25) is 9.69 Å². The molecule has 2 aliphatic heterocycles. The summed E-state index contributed by atoms with van der Waals surface area (Å²) in [6.07, 6.45) is 0. The first-order chi connectivity index (χ1) is 16.7. The number of hydrogen-bond acceptors (Lipinski definition) is 7. The lowest BCUT2D eigenvalue weighted by molar-refractivity contribution is -0.130. The van der Waals surface area contributed by atoms with E-state index in [1.165, 1.54) is 5.69 Å². The molecule has 2 saturated heterocycles. The van der Waals surface area contributed by atoms with Crippen LogP contribution in [0.4, 0.5) is 5.69 Å². The van der Waals surface area contributed by atoms with Crippen molar-refractivity contribution in [3.8, 4) is 0 Å². The van der Waals surface area contributed by atoms with E-state index in [9.17, 15) is 4.79 Å². The van der Waals surface area contributed by atoms with E-state index in [1.807, 2.05) is 42.2 Å². The molecule has 3 aromatic rings. The van der Waals surface area contributed by atoms with Crippen LogP contribution in [0.15, 0.2) is 59.6 Å². The molecule has 0 aliphatic carbocycles. The Labute approximate surface area is 205 Å². The van der Waals surface area contributed by atoms with Crippen molar-refractivity contribution >= 4 is 34.3 Å². The number of fused-ring (bicyclic) bond motifs is 1. The summed E-state index contributed by atoms with van der Waals surface area (Å²) in [5.41, 5.74) is 2.15. The van der Waals surface area contributed by atoms with E-state index in [-0.39, 0.29) is 11.2 Å². The summed E-state index contributed by atoms with van der Waals surface area (Å²) in [5.74, 6) is 0.981. The van der Waals surface area contributed by atoms with Gasteiger partial charge in [-0.1, -0.05) is 48.2 Å². The number of benzene rings is 2. The van der Waals surface area contributed by atoms with Crippen LogP contribution in [0.3, 0.4) is 0 Å². The third kappa shape index (κ3) is 5.35. The molecule has 8 heteroatoms. The van der Waals surface area contributed by atoms with Crippen LogP contribution in [0.25, 0.3) is 10.9 Å². The Balaban J connectivity index is 1.27. The lowest BCUT2D eigenvalue weighted by atomic mass is 10.2. The molecule has 0 spiro atoms. The lowest BCUT2D eigenvalue weighted by Crippen LogP contribution is -2.50. The smallest absolute Gasteiger partial charge is 0.235 e. The van der Waals surface area contributed by atoms with Crippen molar-refractivity contribution in [3.05, 3.63) is 60.4 Å². The van der Waals surface area contributed by atoms with Crippen molar-refractivity contribution in [2.75, 3.05) is 57.4 Å². The van der Waals surface area contributed by atoms with Gasteiger partial charge < -0.3 is 14.5 Å². The monoisotopic (exact) mass is 477 g/mol. The fourth-order valence-corrected chi connectivity index (χ4v) is 5.55. The zero-order valence-electron chi connectivity index (χ0n) is 19.6. The zero-order chi connectivity index (χ0) is 23.3. The van der Waals surface area contributed by atoms with Gasteiger partial charge in [0.25, 0.3) is 0 Å². The second-order valence-corrected chi connectivity index (χ2v) is 10.1. The number of morpholine rings is 1. The standard InChI is InChI=1S/C26H31N5O2S/c1-20(26(32)31-13-11-30(12-14-31)21-7-3-2-4-8-21)34-25-22-9-5-6-10-23(22)27-24(28-25)19-29-15-17-33-18-16-29/h2-10,20H,11-19H2,1H3/t20-/m1/s1. The van der Waals surface area contributed by atoms with E-state index in [2.05, 4.69) is 34.1 Å². The number of rotatable bonds is 6. The molecule has 1 atom stereocenters. The Hall–Kier alpha value is -2.68. The second kappa shape index (κ2) is 10.7. The molecule has 5 rings (SSSR count). The highest BCUT2D eigenvalue weighted by Crippen LogP contribution is 2.30. The van der Waals surface area contributed by atoms with Crippen molar-refractivity contribution in [2.24, 2.45) is 0 Å². The highest BCUT2D eigenvalue weighted by atomic mass is 32.2. The predicted octanol–water partition coefficient (Wildman–Crippen LogP) is 3.29. The van der Waals surface area contributed by atoms with E-state index < -0.39 is 0 Å². The average Bonchev–Trinajstić information content (AvgIpc) is 2.89. The summed E-state index contributed by atoms with van der Waals surface area (Å²) >= 11 is 1.55. The number of thioether (sulfide) groups is 1. The first-order valence-corrected chi connectivity index (χ1v) is 12.9. The first kappa shape index (κ1) is 23.1. The third-order valence-corrected chi connectivity index (χ3v) is 7.52. The average molecular weight is 478 g/mol. The zero-order valence-corrected chi connectivity index (χ0v) is 20.4. The normalized spacial score (nSPS) is 18.3. The van der Waals surface area contributed by atoms with E-state index in [0.29, 0.717) is 6.54 Å². The van der Waals surface area contributed by atoms with Crippen LogP contribution in [-0.2, 0) is 16.1 Å². The molecule has 34 heavy (non-hydrogen) atoms. The van der Waals surface area contributed by atoms with E-state index in [4.69, 9.17) is 14.7 Å². The maximum Gasteiger partial charge on any atom is 0.235 e. The molecule has 2 fully saturated rings. The summed E-state index contributed by atoms with van der Waals surface area (Å²) in [7, 11) is 0. The summed E-state index contributed by atoms with van der Waals surface area (Å²) < 4.78 is 5.47. The fraction of sp³-hybridized carbons (Fsp3) is 0.423. The fourth-order valence-electron chi connectivity index (χ4n) is 4.51. The molecular formula is C26H31N5O2S. The SMILES string of the molecule is C[C@@H](Sc1nc(CN2CCOCC2)nc2ccccc12)C(=O)N1CCN(c2ccccc2)CC1. The number of carbonyl (C=O) groups excluding carboxylic acids is 1. The number of amides is 1. The van der Waals surface area contributed by atoms with Crippen molar-refractivity contribution in [3.63, 3.8) is 0 Å². The van der Waals surface area contributed by atoms with Gasteiger partial charge in [0.2, 0.25) is 5.91 Å². The highest BCUT2D eigenvalue weighted by molar-refractivity contribution is 8.00. The molecule has 3 heterocycles. The summed E-state index contributed by atoms with van der Waals surface area (Å²) in [6.45, 7) is 9.17. The molecule has 178 valence electrons. The minimum absolute atomic E-state index is 0.176. The quantitative estimate of drug-likeness (QED) is 0.399. The second-order valence-electron chi connectivity index (χ2n) is 8.76. The predicted molar refractivity (Wildman–Crippen MR) is 136 cm³/mol. The third-order valence-electron chi connectivity index (χ3n) is 6.43. The van der Waals surface area contributed by atoms with Crippen molar-refractivity contribution in [1.29, 1.82) is 0 Å². The van der Waals surface area contributed by atoms with Crippen LogP contribution < -0.4 is 4.90 Å². The van der Waals surface area contributed by atoms with Gasteiger partial charge in [-0.05, 0) is 25.1 Å². The van der Waals surface area contributed by atoms with Crippen LogP contribution in [0.5, 0.6) is 0 Å². The van der Waals surface area contributed by atoms with E-state index >= 15 is 0 Å². The number of piperazine rings is 1. The maximum absolute atomic E-state index is 13.3. The molecule has 1 amide bonds. The van der Waals surface area contributed by atoms with Crippen molar-refractivity contribution < 1.29 is 9.53 Å². The van der Waals surface area contributed by atoms with Crippen LogP contribution in [-0.4, -0.2) is 83.4 Å². The Morgan fingerprint density at radius 1 is 0.941 bits per heavy atom. The van der Waals surface area contributed by atoms with Gasteiger partial charge in [-0.25, -0.2) is 9.97 Å². The molecule has 0 N–H and O–H groups in total. The first-order valence-electron chi connectivity index (χ1n) is 12.0. The number of aromatic nitrogens is 2. The molecule has 1 aromatic heterocycles. The minimum atomic E-state index is -0.210. The van der Waals surface area contributed by atoms with E-state index in [1.54, 1.807) is 11.8 Å². The lowest BCUT2D eigenvalue weighted by Gasteiger charge is -2.37. The van der Waals surface area contributed by atoms with Crippen LogP contribution in [0, 0.1) is 0 Å². The van der Waals surface area contributed by atoms with E-state index in [0.717, 1.165) is 74.2 Å².